The topological polar surface area (TPSA) is 51.8 Å². The average Bonchev–Trinajstić information content (AvgIpc) is 2.29. The normalized spacial score (nSPS) is 19.7. The lowest BCUT2D eigenvalue weighted by Gasteiger charge is -2.32. The molecule has 0 saturated heterocycles. The summed E-state index contributed by atoms with van der Waals surface area (Å²) < 4.78 is 0. The van der Waals surface area contributed by atoms with Crippen LogP contribution in [0.15, 0.2) is 6.07 Å². The van der Waals surface area contributed by atoms with Crippen molar-refractivity contribution in [2.24, 2.45) is 5.73 Å². The highest BCUT2D eigenvalue weighted by atomic mass is 15.0. The standard InChI is InChI=1S/C13H21N3/c1-3-11-9-10(2)15-12(16-11)13(14)7-5-4-6-8-13/h9H,3-8,14H2,1-2H3. The fourth-order valence-electron chi connectivity index (χ4n) is 2.44. The van der Waals surface area contributed by atoms with Crippen molar-refractivity contribution in [3.05, 3.63) is 23.3 Å². The van der Waals surface area contributed by atoms with Gasteiger partial charge in [0.15, 0.2) is 0 Å². The van der Waals surface area contributed by atoms with Crippen molar-refractivity contribution < 1.29 is 0 Å². The second kappa shape index (κ2) is 4.50. The van der Waals surface area contributed by atoms with E-state index < -0.39 is 0 Å². The van der Waals surface area contributed by atoms with Crippen molar-refractivity contribution >= 4 is 0 Å². The van der Waals surface area contributed by atoms with E-state index in [1.54, 1.807) is 0 Å². The van der Waals surface area contributed by atoms with Gasteiger partial charge < -0.3 is 5.73 Å². The minimum Gasteiger partial charge on any atom is -0.319 e. The van der Waals surface area contributed by atoms with Crippen LogP contribution in [0.2, 0.25) is 0 Å². The zero-order valence-electron chi connectivity index (χ0n) is 10.3. The number of nitrogens with zero attached hydrogens (tertiary/aromatic N) is 2. The summed E-state index contributed by atoms with van der Waals surface area (Å²) in [6.07, 6.45) is 6.71. The number of rotatable bonds is 2. The molecule has 1 heterocycles. The maximum atomic E-state index is 6.45. The Bertz CT molecular complexity index is 367. The first-order chi connectivity index (χ1) is 7.64. The van der Waals surface area contributed by atoms with Gasteiger partial charge in [0.05, 0.1) is 5.54 Å². The minimum atomic E-state index is -0.270. The van der Waals surface area contributed by atoms with Crippen LogP contribution in [-0.4, -0.2) is 9.97 Å². The SMILES string of the molecule is CCc1cc(C)nc(C2(N)CCCCC2)n1. The van der Waals surface area contributed by atoms with Gasteiger partial charge in [-0.15, -0.1) is 0 Å². The average molecular weight is 219 g/mol. The molecule has 0 atom stereocenters. The van der Waals surface area contributed by atoms with Gasteiger partial charge in [-0.05, 0) is 32.3 Å². The minimum absolute atomic E-state index is 0.270. The van der Waals surface area contributed by atoms with Crippen molar-refractivity contribution in [3.8, 4) is 0 Å². The quantitative estimate of drug-likeness (QED) is 0.831. The van der Waals surface area contributed by atoms with Gasteiger partial charge in [0, 0.05) is 11.4 Å². The molecular formula is C13H21N3. The van der Waals surface area contributed by atoms with E-state index in [1.165, 1.54) is 19.3 Å². The van der Waals surface area contributed by atoms with Crippen molar-refractivity contribution in [3.63, 3.8) is 0 Å². The molecule has 0 bridgehead atoms. The molecule has 2 rings (SSSR count). The van der Waals surface area contributed by atoms with Crippen LogP contribution in [0.3, 0.4) is 0 Å². The van der Waals surface area contributed by atoms with Gasteiger partial charge in [-0.2, -0.15) is 0 Å². The lowest BCUT2D eigenvalue weighted by atomic mass is 9.82. The first-order valence-electron chi connectivity index (χ1n) is 6.28. The predicted molar refractivity (Wildman–Crippen MR) is 65.1 cm³/mol. The Morgan fingerprint density at radius 1 is 1.25 bits per heavy atom. The molecule has 0 unspecified atom stereocenters. The van der Waals surface area contributed by atoms with E-state index in [4.69, 9.17) is 5.73 Å². The van der Waals surface area contributed by atoms with Crippen LogP contribution < -0.4 is 5.73 Å². The molecular weight excluding hydrogens is 198 g/mol. The third-order valence-electron chi connectivity index (χ3n) is 3.46. The van der Waals surface area contributed by atoms with E-state index in [9.17, 15) is 0 Å². The maximum Gasteiger partial charge on any atom is 0.148 e. The maximum absolute atomic E-state index is 6.45. The number of aryl methyl sites for hydroxylation is 2. The van der Waals surface area contributed by atoms with Gasteiger partial charge in [0.25, 0.3) is 0 Å². The third kappa shape index (κ3) is 2.24. The molecule has 0 aromatic carbocycles. The molecule has 1 aliphatic carbocycles. The van der Waals surface area contributed by atoms with Crippen molar-refractivity contribution in [2.45, 2.75) is 57.9 Å². The Balaban J connectivity index is 2.34. The summed E-state index contributed by atoms with van der Waals surface area (Å²) in [7, 11) is 0. The second-order valence-electron chi connectivity index (χ2n) is 4.89. The van der Waals surface area contributed by atoms with Crippen LogP contribution in [0.4, 0.5) is 0 Å². The molecule has 0 aliphatic heterocycles. The summed E-state index contributed by atoms with van der Waals surface area (Å²) in [5.41, 5.74) is 8.33. The zero-order valence-corrected chi connectivity index (χ0v) is 10.3. The Labute approximate surface area is 97.5 Å². The Kier molecular flexibility index (Phi) is 3.24. The summed E-state index contributed by atoms with van der Waals surface area (Å²) in [4.78, 5) is 9.15. The monoisotopic (exact) mass is 219 g/mol. The molecule has 2 N–H and O–H groups in total. The number of hydrogen-bond donors (Lipinski definition) is 1. The molecule has 0 spiro atoms. The molecule has 3 heteroatoms. The number of aromatic nitrogens is 2. The third-order valence-corrected chi connectivity index (χ3v) is 3.46. The highest BCUT2D eigenvalue weighted by Crippen LogP contribution is 2.32. The smallest absolute Gasteiger partial charge is 0.148 e. The summed E-state index contributed by atoms with van der Waals surface area (Å²) in [6, 6.07) is 2.05. The van der Waals surface area contributed by atoms with E-state index in [0.29, 0.717) is 0 Å². The first-order valence-corrected chi connectivity index (χ1v) is 6.28. The predicted octanol–water partition coefficient (Wildman–Crippen LogP) is 2.47. The van der Waals surface area contributed by atoms with Gasteiger partial charge in [-0.1, -0.05) is 26.2 Å². The molecule has 16 heavy (non-hydrogen) atoms. The highest BCUT2D eigenvalue weighted by molar-refractivity contribution is 5.15. The van der Waals surface area contributed by atoms with E-state index in [1.807, 2.05) is 6.92 Å². The fraction of sp³-hybridized carbons (Fsp3) is 0.692. The van der Waals surface area contributed by atoms with E-state index in [-0.39, 0.29) is 5.54 Å². The Morgan fingerprint density at radius 2 is 1.94 bits per heavy atom. The van der Waals surface area contributed by atoms with Gasteiger partial charge in [-0.3, -0.25) is 0 Å². The van der Waals surface area contributed by atoms with Gasteiger partial charge >= 0.3 is 0 Å². The molecule has 88 valence electrons. The van der Waals surface area contributed by atoms with Crippen LogP contribution in [0, 0.1) is 6.92 Å². The van der Waals surface area contributed by atoms with Gasteiger partial charge in [0.1, 0.15) is 5.82 Å². The van der Waals surface area contributed by atoms with Crippen LogP contribution in [0.25, 0.3) is 0 Å². The van der Waals surface area contributed by atoms with Crippen LogP contribution >= 0.6 is 0 Å². The number of hydrogen-bond acceptors (Lipinski definition) is 3. The first kappa shape index (κ1) is 11.5. The zero-order chi connectivity index (χ0) is 11.6. The molecule has 0 radical (unpaired) electrons. The molecule has 0 amide bonds. The summed E-state index contributed by atoms with van der Waals surface area (Å²) in [5, 5.41) is 0. The molecule has 1 saturated carbocycles. The van der Waals surface area contributed by atoms with Crippen molar-refractivity contribution in [1.82, 2.24) is 9.97 Å². The molecule has 1 fully saturated rings. The summed E-state index contributed by atoms with van der Waals surface area (Å²) in [5.74, 6) is 0.865. The lowest BCUT2D eigenvalue weighted by Crippen LogP contribution is -2.40. The summed E-state index contributed by atoms with van der Waals surface area (Å²) in [6.45, 7) is 4.14. The molecule has 1 aromatic rings. The van der Waals surface area contributed by atoms with Crippen LogP contribution in [0.5, 0.6) is 0 Å². The Morgan fingerprint density at radius 3 is 2.56 bits per heavy atom. The van der Waals surface area contributed by atoms with E-state index in [0.717, 1.165) is 36.5 Å². The van der Waals surface area contributed by atoms with Crippen molar-refractivity contribution in [2.75, 3.05) is 0 Å². The molecule has 1 aromatic heterocycles. The fourth-order valence-corrected chi connectivity index (χ4v) is 2.44. The largest absolute Gasteiger partial charge is 0.319 e. The Hall–Kier alpha value is -0.960. The molecule has 3 nitrogen and oxygen atoms in total. The van der Waals surface area contributed by atoms with Crippen LogP contribution in [-0.2, 0) is 12.0 Å². The van der Waals surface area contributed by atoms with E-state index >= 15 is 0 Å². The van der Waals surface area contributed by atoms with Gasteiger partial charge in [0.2, 0.25) is 0 Å². The lowest BCUT2D eigenvalue weighted by molar-refractivity contribution is 0.286. The van der Waals surface area contributed by atoms with Gasteiger partial charge in [-0.25, -0.2) is 9.97 Å². The second-order valence-corrected chi connectivity index (χ2v) is 4.89. The molecule has 1 aliphatic rings. The number of nitrogens with two attached hydrogens (primary N) is 1. The van der Waals surface area contributed by atoms with Crippen molar-refractivity contribution in [1.29, 1.82) is 0 Å². The highest BCUT2D eigenvalue weighted by Gasteiger charge is 2.32. The van der Waals surface area contributed by atoms with Crippen LogP contribution in [0.1, 0.15) is 56.2 Å². The van der Waals surface area contributed by atoms with E-state index in [2.05, 4.69) is 23.0 Å². The summed E-state index contributed by atoms with van der Waals surface area (Å²) >= 11 is 0.